The van der Waals surface area contributed by atoms with E-state index in [0.29, 0.717) is 6.54 Å². The second kappa shape index (κ2) is 7.28. The molecule has 112 valence electrons. The molecule has 0 aliphatic carbocycles. The summed E-state index contributed by atoms with van der Waals surface area (Å²) in [6.45, 7) is 1.86. The summed E-state index contributed by atoms with van der Waals surface area (Å²) in [5, 5.41) is 9.50. The molecule has 0 radical (unpaired) electrons. The largest absolute Gasteiger partial charge is 0.497 e. The Morgan fingerprint density at radius 3 is 2.32 bits per heavy atom. The topological polar surface area (TPSA) is 53.3 Å². The molecule has 0 unspecified atom stereocenters. The molecule has 0 saturated heterocycles. The first-order valence-corrected chi connectivity index (χ1v) is 7.00. The van der Waals surface area contributed by atoms with Gasteiger partial charge in [0.25, 0.3) is 0 Å². The highest BCUT2D eigenvalue weighted by Gasteiger charge is 2.22. The van der Waals surface area contributed by atoms with E-state index < -0.39 is 6.04 Å². The lowest BCUT2D eigenvalue weighted by Gasteiger charge is -2.26. The summed E-state index contributed by atoms with van der Waals surface area (Å²) >= 11 is 0. The van der Waals surface area contributed by atoms with E-state index in [1.165, 1.54) is 6.92 Å². The van der Waals surface area contributed by atoms with Gasteiger partial charge in [-0.2, -0.15) is 5.26 Å². The maximum absolute atomic E-state index is 12.0. The number of benzene rings is 2. The van der Waals surface area contributed by atoms with Crippen molar-refractivity contribution in [3.05, 3.63) is 65.7 Å². The number of ether oxygens (including phenoxy) is 1. The van der Waals surface area contributed by atoms with Gasteiger partial charge in [-0.05, 0) is 23.3 Å². The molecular weight excluding hydrogens is 276 g/mol. The second-order valence-electron chi connectivity index (χ2n) is 4.94. The molecule has 2 aromatic carbocycles. The molecular formula is C18H18N2O2. The number of nitriles is 1. The van der Waals surface area contributed by atoms with Crippen LogP contribution in [0, 0.1) is 11.3 Å². The highest BCUT2D eigenvalue weighted by atomic mass is 16.5. The van der Waals surface area contributed by atoms with Crippen LogP contribution in [0.1, 0.15) is 24.1 Å². The van der Waals surface area contributed by atoms with E-state index in [0.717, 1.165) is 16.9 Å². The third kappa shape index (κ3) is 3.64. The third-order valence-corrected chi connectivity index (χ3v) is 3.47. The molecule has 0 fully saturated rings. The van der Waals surface area contributed by atoms with Crippen molar-refractivity contribution < 1.29 is 9.53 Å². The van der Waals surface area contributed by atoms with Gasteiger partial charge in [-0.15, -0.1) is 0 Å². The molecule has 0 aliphatic heterocycles. The number of hydrogen-bond acceptors (Lipinski definition) is 3. The van der Waals surface area contributed by atoms with Crippen molar-refractivity contribution in [1.29, 1.82) is 5.26 Å². The lowest BCUT2D eigenvalue weighted by molar-refractivity contribution is -0.130. The normalized spacial score (nSPS) is 11.3. The van der Waals surface area contributed by atoms with Crippen molar-refractivity contribution in [2.75, 3.05) is 7.11 Å². The van der Waals surface area contributed by atoms with Crippen molar-refractivity contribution in [3.8, 4) is 11.8 Å². The fraction of sp³-hybridized carbons (Fsp3) is 0.222. The van der Waals surface area contributed by atoms with Crippen LogP contribution in [0.4, 0.5) is 0 Å². The number of nitrogens with zero attached hydrogens (tertiary/aromatic N) is 2. The average Bonchev–Trinajstić information content (AvgIpc) is 2.56. The van der Waals surface area contributed by atoms with Gasteiger partial charge < -0.3 is 9.64 Å². The van der Waals surface area contributed by atoms with E-state index in [2.05, 4.69) is 6.07 Å². The van der Waals surface area contributed by atoms with E-state index in [-0.39, 0.29) is 5.91 Å². The predicted octanol–water partition coefficient (Wildman–Crippen LogP) is 3.31. The Morgan fingerprint density at radius 2 is 1.82 bits per heavy atom. The van der Waals surface area contributed by atoms with Crippen LogP contribution in [0.25, 0.3) is 0 Å². The Labute approximate surface area is 130 Å². The van der Waals surface area contributed by atoms with Gasteiger partial charge in [0.1, 0.15) is 11.8 Å². The molecule has 0 aromatic heterocycles. The highest BCUT2D eigenvalue weighted by Crippen LogP contribution is 2.23. The van der Waals surface area contributed by atoms with E-state index in [1.54, 1.807) is 12.0 Å². The van der Waals surface area contributed by atoms with Crippen LogP contribution in [-0.2, 0) is 11.3 Å². The van der Waals surface area contributed by atoms with Crippen LogP contribution in [0.2, 0.25) is 0 Å². The Balaban J connectivity index is 2.25. The number of carbonyl (C=O) groups excluding carboxylic acids is 1. The van der Waals surface area contributed by atoms with Gasteiger partial charge in [-0.25, -0.2) is 0 Å². The summed E-state index contributed by atoms with van der Waals surface area (Å²) in [5.41, 5.74) is 1.76. The highest BCUT2D eigenvalue weighted by molar-refractivity contribution is 5.74. The molecule has 22 heavy (non-hydrogen) atoms. The van der Waals surface area contributed by atoms with Crippen LogP contribution >= 0.6 is 0 Å². The maximum atomic E-state index is 12.0. The third-order valence-electron chi connectivity index (χ3n) is 3.47. The van der Waals surface area contributed by atoms with Crippen LogP contribution in [-0.4, -0.2) is 17.9 Å². The Kier molecular flexibility index (Phi) is 5.16. The fourth-order valence-corrected chi connectivity index (χ4v) is 2.27. The molecule has 4 heteroatoms. The van der Waals surface area contributed by atoms with Crippen molar-refractivity contribution >= 4 is 5.91 Å². The molecule has 4 nitrogen and oxygen atoms in total. The minimum absolute atomic E-state index is 0.133. The van der Waals surface area contributed by atoms with Crippen LogP contribution < -0.4 is 4.74 Å². The van der Waals surface area contributed by atoms with Gasteiger partial charge in [0, 0.05) is 13.5 Å². The molecule has 2 aromatic rings. The summed E-state index contributed by atoms with van der Waals surface area (Å²) in [6.07, 6.45) is 0. The first-order valence-electron chi connectivity index (χ1n) is 7.00. The Morgan fingerprint density at radius 1 is 1.18 bits per heavy atom. The number of rotatable bonds is 5. The van der Waals surface area contributed by atoms with Crippen molar-refractivity contribution in [2.45, 2.75) is 19.5 Å². The summed E-state index contributed by atoms with van der Waals surface area (Å²) in [5.74, 6) is 0.629. The van der Waals surface area contributed by atoms with Gasteiger partial charge in [-0.3, -0.25) is 4.79 Å². The van der Waals surface area contributed by atoms with Gasteiger partial charge in [0.2, 0.25) is 5.91 Å². The first-order chi connectivity index (χ1) is 10.7. The minimum atomic E-state index is -0.596. The van der Waals surface area contributed by atoms with E-state index in [1.807, 2.05) is 54.6 Å². The summed E-state index contributed by atoms with van der Waals surface area (Å²) in [6, 6.07) is 18.4. The molecule has 1 atom stereocenters. The monoisotopic (exact) mass is 294 g/mol. The summed E-state index contributed by atoms with van der Waals surface area (Å²) < 4.78 is 5.13. The summed E-state index contributed by atoms with van der Waals surface area (Å²) in [4.78, 5) is 13.6. The summed E-state index contributed by atoms with van der Waals surface area (Å²) in [7, 11) is 1.61. The van der Waals surface area contributed by atoms with Crippen LogP contribution in [0.5, 0.6) is 5.75 Å². The lowest BCUT2D eigenvalue weighted by Crippen LogP contribution is -2.31. The lowest BCUT2D eigenvalue weighted by atomic mass is 10.1. The number of amides is 1. The first kappa shape index (κ1) is 15.6. The van der Waals surface area contributed by atoms with Gasteiger partial charge in [-0.1, -0.05) is 42.5 Å². The zero-order valence-electron chi connectivity index (χ0n) is 12.7. The zero-order chi connectivity index (χ0) is 15.9. The van der Waals surface area contributed by atoms with Crippen molar-refractivity contribution in [3.63, 3.8) is 0 Å². The smallest absolute Gasteiger partial charge is 0.221 e. The zero-order valence-corrected chi connectivity index (χ0v) is 12.7. The maximum Gasteiger partial charge on any atom is 0.221 e. The molecule has 0 N–H and O–H groups in total. The van der Waals surface area contributed by atoms with E-state index in [9.17, 15) is 10.1 Å². The Bertz CT molecular complexity index is 660. The number of carbonyl (C=O) groups is 1. The van der Waals surface area contributed by atoms with E-state index >= 15 is 0 Å². The van der Waals surface area contributed by atoms with Gasteiger partial charge >= 0.3 is 0 Å². The van der Waals surface area contributed by atoms with Gasteiger partial charge in [0.05, 0.1) is 13.2 Å². The minimum Gasteiger partial charge on any atom is -0.497 e. The number of methoxy groups -OCH3 is 1. The molecule has 0 heterocycles. The van der Waals surface area contributed by atoms with Crippen molar-refractivity contribution in [2.24, 2.45) is 0 Å². The predicted molar refractivity (Wildman–Crippen MR) is 84.0 cm³/mol. The van der Waals surface area contributed by atoms with Crippen molar-refractivity contribution in [1.82, 2.24) is 4.90 Å². The Hall–Kier alpha value is -2.80. The fourth-order valence-electron chi connectivity index (χ4n) is 2.27. The molecule has 2 rings (SSSR count). The molecule has 0 spiro atoms. The average molecular weight is 294 g/mol. The van der Waals surface area contributed by atoms with E-state index in [4.69, 9.17) is 4.74 Å². The quantitative estimate of drug-likeness (QED) is 0.850. The molecule has 0 saturated carbocycles. The van der Waals surface area contributed by atoms with Crippen LogP contribution in [0.3, 0.4) is 0 Å². The SMILES string of the molecule is COc1ccc(CN(C(C)=O)[C@H](C#N)c2ccccc2)cc1. The standard InChI is InChI=1S/C18H18N2O2/c1-14(21)20(13-15-8-10-17(22-2)11-9-15)18(12-19)16-6-4-3-5-7-16/h3-11,18H,13H2,1-2H3/t18-/m1/s1. The molecule has 0 aliphatic rings. The second-order valence-corrected chi connectivity index (χ2v) is 4.94. The molecule has 0 bridgehead atoms. The van der Waals surface area contributed by atoms with Crippen LogP contribution in [0.15, 0.2) is 54.6 Å². The van der Waals surface area contributed by atoms with Gasteiger partial charge in [0.15, 0.2) is 0 Å². The molecule has 1 amide bonds. The number of hydrogen-bond donors (Lipinski definition) is 0.